The number of hydrogen-bond acceptors (Lipinski definition) is 4. The quantitative estimate of drug-likeness (QED) is 0.185. The van der Waals surface area contributed by atoms with Gasteiger partial charge in [0, 0.05) is 30.1 Å². The number of nitrogens with one attached hydrogen (secondary N) is 1. The van der Waals surface area contributed by atoms with Gasteiger partial charge < -0.3 is 14.8 Å². The molecule has 0 radical (unpaired) electrons. The van der Waals surface area contributed by atoms with Crippen molar-refractivity contribution in [1.82, 2.24) is 10.3 Å². The second kappa shape index (κ2) is 15.7. The van der Waals surface area contributed by atoms with Gasteiger partial charge in [0.1, 0.15) is 0 Å². The first-order chi connectivity index (χ1) is 16.6. The summed E-state index contributed by atoms with van der Waals surface area (Å²) in [4.78, 5) is 16.6. The molecule has 0 fully saturated rings. The predicted octanol–water partition coefficient (Wildman–Crippen LogP) is 6.54. The van der Waals surface area contributed by atoms with Crippen LogP contribution in [0.5, 0.6) is 11.5 Å². The number of methoxy groups -OCH3 is 2. The molecule has 34 heavy (non-hydrogen) atoms. The third kappa shape index (κ3) is 9.42. The number of amides is 1. The number of aryl methyl sites for hydroxylation is 1. The number of ether oxygens (including phenoxy) is 2. The minimum atomic E-state index is -0.0759. The van der Waals surface area contributed by atoms with Gasteiger partial charge in [-0.1, -0.05) is 56.5 Å². The third-order valence-electron chi connectivity index (χ3n) is 5.81. The second-order valence-corrected chi connectivity index (χ2v) is 8.57. The molecule has 5 heteroatoms. The molecule has 1 atom stereocenters. The lowest BCUT2D eigenvalue weighted by Gasteiger charge is -2.15. The summed E-state index contributed by atoms with van der Waals surface area (Å²) < 4.78 is 11.1. The fourth-order valence-electron chi connectivity index (χ4n) is 3.96. The lowest BCUT2D eigenvalue weighted by Crippen LogP contribution is -2.31. The Morgan fingerprint density at radius 1 is 1.09 bits per heavy atom. The van der Waals surface area contributed by atoms with Crippen molar-refractivity contribution in [2.45, 2.75) is 71.3 Å². The Morgan fingerprint density at radius 2 is 1.94 bits per heavy atom. The molecular weight excluding hydrogens is 424 g/mol. The van der Waals surface area contributed by atoms with Crippen LogP contribution in [0, 0.1) is 0 Å². The number of unbranched alkanes of at least 4 members (excludes halogenated alkanes) is 3. The molecule has 1 heterocycles. The number of benzene rings is 1. The van der Waals surface area contributed by atoms with Crippen molar-refractivity contribution in [2.24, 2.45) is 0 Å². The van der Waals surface area contributed by atoms with Crippen molar-refractivity contribution in [3.8, 4) is 11.5 Å². The highest BCUT2D eigenvalue weighted by Gasteiger charge is 2.13. The summed E-state index contributed by atoms with van der Waals surface area (Å²) >= 11 is 0. The zero-order chi connectivity index (χ0) is 24.6. The number of pyridine rings is 1. The molecule has 0 aliphatic heterocycles. The van der Waals surface area contributed by atoms with Crippen molar-refractivity contribution in [1.29, 1.82) is 0 Å². The molecule has 0 saturated carbocycles. The van der Waals surface area contributed by atoms with Crippen LogP contribution in [0.1, 0.15) is 69.9 Å². The van der Waals surface area contributed by atoms with Gasteiger partial charge in [0.05, 0.1) is 14.2 Å². The molecule has 184 valence electrons. The normalized spacial score (nSPS) is 12.5. The summed E-state index contributed by atoms with van der Waals surface area (Å²) in [6.45, 7) is 4.26. The average molecular weight is 465 g/mol. The molecule has 0 bridgehead atoms. The van der Waals surface area contributed by atoms with Gasteiger partial charge in [-0.25, -0.2) is 0 Å². The monoisotopic (exact) mass is 464 g/mol. The molecule has 1 aromatic carbocycles. The van der Waals surface area contributed by atoms with E-state index in [4.69, 9.17) is 9.47 Å². The van der Waals surface area contributed by atoms with Crippen LogP contribution >= 0.6 is 0 Å². The largest absolute Gasteiger partial charge is 0.493 e. The second-order valence-electron chi connectivity index (χ2n) is 8.57. The number of carbonyl (C=O) groups is 1. The number of rotatable bonds is 15. The Labute approximate surface area is 205 Å². The Morgan fingerprint density at radius 3 is 2.65 bits per heavy atom. The van der Waals surface area contributed by atoms with E-state index >= 15 is 0 Å². The molecule has 0 aliphatic carbocycles. The molecule has 1 amide bonds. The van der Waals surface area contributed by atoms with Crippen molar-refractivity contribution < 1.29 is 14.3 Å². The molecule has 2 rings (SSSR count). The minimum absolute atomic E-state index is 0.0759. The molecule has 2 aromatic rings. The Bertz CT molecular complexity index is 922. The number of allylic oxidation sites excluding steroid dienone is 3. The van der Waals surface area contributed by atoms with Gasteiger partial charge in [0.2, 0.25) is 5.91 Å². The van der Waals surface area contributed by atoms with Crippen molar-refractivity contribution >= 4 is 11.5 Å². The molecule has 1 N–H and O–H groups in total. The van der Waals surface area contributed by atoms with E-state index in [9.17, 15) is 4.79 Å². The van der Waals surface area contributed by atoms with Crippen molar-refractivity contribution in [2.75, 3.05) is 14.2 Å². The van der Waals surface area contributed by atoms with E-state index < -0.39 is 0 Å². The van der Waals surface area contributed by atoms with Gasteiger partial charge in [-0.05, 0) is 62.3 Å². The van der Waals surface area contributed by atoms with Crippen LogP contribution in [0.15, 0.2) is 61.0 Å². The third-order valence-corrected chi connectivity index (χ3v) is 5.81. The summed E-state index contributed by atoms with van der Waals surface area (Å²) in [6, 6.07) is 10.1. The zero-order valence-electron chi connectivity index (χ0n) is 21.2. The van der Waals surface area contributed by atoms with Crippen molar-refractivity contribution in [3.63, 3.8) is 0 Å². The number of para-hydroxylation sites is 1. The SMILES string of the molecule is CCCCCCC(=CC=CC(=O)N[C@H](C)CCCc1cccnc1)c1cccc(OC)c1OC. The Kier molecular flexibility index (Phi) is 12.5. The Hall–Kier alpha value is -3.08. The smallest absolute Gasteiger partial charge is 0.244 e. The minimum Gasteiger partial charge on any atom is -0.493 e. The maximum atomic E-state index is 12.4. The van der Waals surface area contributed by atoms with Crippen LogP contribution in [0.4, 0.5) is 0 Å². The lowest BCUT2D eigenvalue weighted by atomic mass is 9.97. The molecule has 0 unspecified atom stereocenters. The van der Waals surface area contributed by atoms with E-state index in [-0.39, 0.29) is 11.9 Å². The molecule has 1 aromatic heterocycles. The van der Waals surface area contributed by atoms with Gasteiger partial charge in [-0.2, -0.15) is 0 Å². The molecule has 0 saturated heterocycles. The van der Waals surface area contributed by atoms with Crippen LogP contribution in [-0.2, 0) is 11.2 Å². The van der Waals surface area contributed by atoms with E-state index in [0.29, 0.717) is 5.75 Å². The highest BCUT2D eigenvalue weighted by atomic mass is 16.5. The lowest BCUT2D eigenvalue weighted by molar-refractivity contribution is -0.117. The number of aromatic nitrogens is 1. The van der Waals surface area contributed by atoms with E-state index in [1.807, 2.05) is 49.5 Å². The van der Waals surface area contributed by atoms with Crippen LogP contribution in [0.2, 0.25) is 0 Å². The van der Waals surface area contributed by atoms with Gasteiger partial charge in [-0.15, -0.1) is 0 Å². The number of hydrogen-bond donors (Lipinski definition) is 1. The zero-order valence-corrected chi connectivity index (χ0v) is 21.2. The summed E-state index contributed by atoms with van der Waals surface area (Å²) in [5.74, 6) is 1.36. The summed E-state index contributed by atoms with van der Waals surface area (Å²) in [5.41, 5.74) is 3.37. The maximum Gasteiger partial charge on any atom is 0.244 e. The fraction of sp³-hybridized carbons (Fsp3) is 0.448. The van der Waals surface area contributed by atoms with Crippen molar-refractivity contribution in [3.05, 3.63) is 72.1 Å². The Balaban J connectivity index is 1.99. The summed E-state index contributed by atoms with van der Waals surface area (Å²) in [5, 5.41) is 3.07. The topological polar surface area (TPSA) is 60.5 Å². The van der Waals surface area contributed by atoms with Gasteiger partial charge in [-0.3, -0.25) is 9.78 Å². The predicted molar refractivity (Wildman–Crippen MR) is 140 cm³/mol. The van der Waals surface area contributed by atoms with E-state index in [2.05, 4.69) is 23.3 Å². The first kappa shape index (κ1) is 27.2. The maximum absolute atomic E-state index is 12.4. The summed E-state index contributed by atoms with van der Waals surface area (Å²) in [6.07, 6.45) is 17.7. The number of nitrogens with zero attached hydrogens (tertiary/aromatic N) is 1. The fourth-order valence-corrected chi connectivity index (χ4v) is 3.96. The van der Waals surface area contributed by atoms with Gasteiger partial charge in [0.15, 0.2) is 11.5 Å². The molecular formula is C29H40N2O3. The highest BCUT2D eigenvalue weighted by Crippen LogP contribution is 2.37. The standard InChI is InChI=1S/C29H40N2O3/c1-5-6-7-8-16-25(26-18-11-19-27(33-3)29(26)34-4)17-10-20-28(32)31-23(2)13-9-14-24-15-12-21-30-22-24/h10-12,15,17-23H,5-9,13-14,16H2,1-4H3,(H,31,32)/t23-/m1/s1. The van der Waals surface area contributed by atoms with Crippen LogP contribution in [0.3, 0.4) is 0 Å². The van der Waals surface area contributed by atoms with E-state index in [0.717, 1.165) is 49.0 Å². The summed E-state index contributed by atoms with van der Waals surface area (Å²) in [7, 11) is 3.31. The van der Waals surface area contributed by atoms with Crippen LogP contribution < -0.4 is 14.8 Å². The average Bonchev–Trinajstić information content (AvgIpc) is 2.85. The van der Waals surface area contributed by atoms with E-state index in [1.54, 1.807) is 26.5 Å². The highest BCUT2D eigenvalue weighted by molar-refractivity contribution is 5.88. The van der Waals surface area contributed by atoms with Crippen LogP contribution in [0.25, 0.3) is 5.57 Å². The molecule has 0 spiro atoms. The first-order valence-corrected chi connectivity index (χ1v) is 12.4. The van der Waals surface area contributed by atoms with E-state index in [1.165, 1.54) is 24.8 Å². The van der Waals surface area contributed by atoms with Gasteiger partial charge >= 0.3 is 0 Å². The first-order valence-electron chi connectivity index (χ1n) is 12.4. The molecule has 0 aliphatic rings. The van der Waals surface area contributed by atoms with Gasteiger partial charge in [0.25, 0.3) is 0 Å². The number of carbonyl (C=O) groups excluding carboxylic acids is 1. The molecule has 5 nitrogen and oxygen atoms in total. The van der Waals surface area contributed by atoms with Crippen LogP contribution in [-0.4, -0.2) is 31.2 Å².